The molecule has 0 spiro atoms. The minimum Gasteiger partial charge on any atom is -0.508 e. The minimum atomic E-state index is -1.30. The lowest BCUT2D eigenvalue weighted by atomic mass is 9.91. The number of benzene rings is 4. The predicted molar refractivity (Wildman–Crippen MR) is 212 cm³/mol. The predicted octanol–water partition coefficient (Wildman–Crippen LogP) is 3.27. The first-order valence-electron chi connectivity index (χ1n) is 18.9. The summed E-state index contributed by atoms with van der Waals surface area (Å²) in [7, 11) is 2.82. The molecular weight excluding hydrogens is 749 g/mol. The molecule has 4 atom stereocenters. The number of nitrogens with one attached hydrogen (secondary N) is 3. The Kier molecular flexibility index (Phi) is 14.8. The van der Waals surface area contributed by atoms with Crippen molar-refractivity contribution in [3.63, 3.8) is 0 Å². The summed E-state index contributed by atoms with van der Waals surface area (Å²) in [5.74, 6) is -3.61. The summed E-state index contributed by atoms with van der Waals surface area (Å²) in [6.45, 7) is 0.286. The van der Waals surface area contributed by atoms with Gasteiger partial charge in [0, 0.05) is 55.6 Å². The largest absolute Gasteiger partial charge is 0.508 e. The molecular formula is C43H48FN5O9. The van der Waals surface area contributed by atoms with Gasteiger partial charge in [0.25, 0.3) is 5.91 Å². The first kappa shape index (κ1) is 42.7. The van der Waals surface area contributed by atoms with Gasteiger partial charge in [-0.25, -0.2) is 9.18 Å². The molecule has 4 amide bonds. The Morgan fingerprint density at radius 3 is 2.12 bits per heavy atom. The van der Waals surface area contributed by atoms with Crippen LogP contribution in [0.3, 0.4) is 0 Å². The third kappa shape index (κ3) is 11.1. The fourth-order valence-electron chi connectivity index (χ4n) is 6.92. The van der Waals surface area contributed by atoms with Crippen molar-refractivity contribution in [3.05, 3.63) is 125 Å². The summed E-state index contributed by atoms with van der Waals surface area (Å²) >= 11 is 0. The Hall–Kier alpha value is -6.48. The van der Waals surface area contributed by atoms with Crippen molar-refractivity contribution >= 4 is 29.6 Å². The van der Waals surface area contributed by atoms with Crippen LogP contribution in [0.1, 0.15) is 51.9 Å². The van der Waals surface area contributed by atoms with Gasteiger partial charge in [0.05, 0.1) is 20.3 Å². The number of rotatable bonds is 18. The van der Waals surface area contributed by atoms with Gasteiger partial charge in [-0.05, 0) is 60.2 Å². The van der Waals surface area contributed by atoms with E-state index >= 15 is 0 Å². The molecule has 58 heavy (non-hydrogen) atoms. The fourth-order valence-corrected chi connectivity index (χ4v) is 6.92. The number of unbranched alkanes of at least 4 members (excludes halogenated alkanes) is 1. The number of halogens is 1. The first-order valence-corrected chi connectivity index (χ1v) is 18.9. The van der Waals surface area contributed by atoms with E-state index in [2.05, 4.69) is 16.0 Å². The van der Waals surface area contributed by atoms with Crippen molar-refractivity contribution in [2.24, 2.45) is 5.73 Å². The number of hydrogen-bond donors (Lipinski definition) is 6. The Bertz CT molecular complexity index is 2060. The Morgan fingerprint density at radius 1 is 0.845 bits per heavy atom. The number of carbonyl (C=O) groups excluding carboxylic acids is 4. The number of phenols is 1. The van der Waals surface area contributed by atoms with E-state index in [1.165, 1.54) is 55.5 Å². The van der Waals surface area contributed by atoms with Crippen LogP contribution in [-0.2, 0) is 45.0 Å². The van der Waals surface area contributed by atoms with E-state index in [1.807, 2.05) is 24.3 Å². The van der Waals surface area contributed by atoms with Crippen molar-refractivity contribution in [2.75, 3.05) is 20.8 Å². The third-order valence-corrected chi connectivity index (χ3v) is 10.0. The summed E-state index contributed by atoms with van der Waals surface area (Å²) in [5.41, 5.74) is 9.64. The molecule has 5 rings (SSSR count). The lowest BCUT2D eigenvalue weighted by Crippen LogP contribution is -2.60. The van der Waals surface area contributed by atoms with E-state index in [9.17, 15) is 38.6 Å². The summed E-state index contributed by atoms with van der Waals surface area (Å²) in [5, 5.41) is 28.3. The highest BCUT2D eigenvalue weighted by molar-refractivity contribution is 5.95. The third-order valence-electron chi connectivity index (χ3n) is 10.0. The lowest BCUT2D eigenvalue weighted by molar-refractivity contribution is -0.144. The molecule has 306 valence electrons. The molecule has 0 saturated heterocycles. The van der Waals surface area contributed by atoms with Crippen molar-refractivity contribution in [2.45, 2.75) is 69.2 Å². The quantitative estimate of drug-likeness (QED) is 0.0810. The van der Waals surface area contributed by atoms with Crippen LogP contribution >= 0.6 is 0 Å². The van der Waals surface area contributed by atoms with E-state index in [0.29, 0.717) is 24.0 Å². The molecule has 1 heterocycles. The number of aromatic hydroxyl groups is 1. The van der Waals surface area contributed by atoms with Gasteiger partial charge in [0.1, 0.15) is 41.2 Å². The molecule has 7 N–H and O–H groups in total. The minimum absolute atomic E-state index is 0.0252. The number of carboxylic acid groups (broad SMARTS) is 1. The summed E-state index contributed by atoms with van der Waals surface area (Å²) in [6.07, 6.45) is 0.873. The highest BCUT2D eigenvalue weighted by Gasteiger charge is 2.39. The second-order valence-corrected chi connectivity index (χ2v) is 14.0. The standard InChI is InChI=1S/C43H48FN5O9/c1-57-37-22-31(50)23-38(58-2)32(37)24-33(45)42(54)49-25-29-13-7-6-12-28(29)21-36(49)41(53)48-35(20-26-10-4-3-5-11-26)40(52)47-34(43(55)56)14-8-9-19-46-39(51)27-15-17-30(44)18-16-27/h3-7,10-13,15-18,22-23,33-36,50H,8-9,14,19-21,24-25,45H2,1-2H3,(H,46,51)(H,47,52)(H,48,53)(H,55,56). The maximum atomic E-state index is 14.3. The van der Waals surface area contributed by atoms with Crippen LogP contribution in [-0.4, -0.2) is 89.6 Å². The summed E-state index contributed by atoms with van der Waals surface area (Å²) in [6, 6.07) is 19.4. The normalized spacial score (nSPS) is 14.9. The molecule has 4 aromatic rings. The van der Waals surface area contributed by atoms with Gasteiger partial charge in [-0.15, -0.1) is 0 Å². The second kappa shape index (κ2) is 20.1. The number of amides is 4. The highest BCUT2D eigenvalue weighted by atomic mass is 19.1. The van der Waals surface area contributed by atoms with Crippen LogP contribution in [0.4, 0.5) is 4.39 Å². The number of fused-ring (bicyclic) bond motifs is 1. The van der Waals surface area contributed by atoms with Gasteiger partial charge >= 0.3 is 5.97 Å². The Morgan fingerprint density at radius 2 is 1.48 bits per heavy atom. The van der Waals surface area contributed by atoms with E-state index in [0.717, 1.165) is 11.1 Å². The number of carbonyl (C=O) groups is 5. The molecule has 14 nitrogen and oxygen atoms in total. The molecule has 0 saturated carbocycles. The number of phenolic OH excluding ortho intramolecular Hbond substituents is 1. The smallest absolute Gasteiger partial charge is 0.326 e. The van der Waals surface area contributed by atoms with Crippen LogP contribution in [0, 0.1) is 5.82 Å². The number of ether oxygens (including phenoxy) is 2. The number of nitrogens with two attached hydrogens (primary N) is 1. The van der Waals surface area contributed by atoms with E-state index < -0.39 is 59.6 Å². The van der Waals surface area contributed by atoms with Gasteiger partial charge < -0.3 is 46.3 Å². The first-order chi connectivity index (χ1) is 27.9. The Balaban J connectivity index is 1.30. The number of carboxylic acids is 1. The van der Waals surface area contributed by atoms with Crippen LogP contribution in [0.25, 0.3) is 0 Å². The van der Waals surface area contributed by atoms with E-state index in [4.69, 9.17) is 15.2 Å². The summed E-state index contributed by atoms with van der Waals surface area (Å²) < 4.78 is 24.1. The van der Waals surface area contributed by atoms with Crippen molar-refractivity contribution in [3.8, 4) is 17.2 Å². The molecule has 1 aliphatic heterocycles. The zero-order valence-electron chi connectivity index (χ0n) is 32.3. The average Bonchev–Trinajstić information content (AvgIpc) is 3.22. The number of aliphatic carboxylic acids is 1. The molecule has 0 bridgehead atoms. The molecule has 4 unspecified atom stereocenters. The zero-order chi connectivity index (χ0) is 41.8. The van der Waals surface area contributed by atoms with Gasteiger partial charge in [-0.3, -0.25) is 19.2 Å². The van der Waals surface area contributed by atoms with Crippen LogP contribution in [0.5, 0.6) is 17.2 Å². The van der Waals surface area contributed by atoms with Gasteiger partial charge in [0.15, 0.2) is 0 Å². The molecule has 0 aliphatic carbocycles. The maximum Gasteiger partial charge on any atom is 0.326 e. The van der Waals surface area contributed by atoms with Crippen LogP contribution < -0.4 is 31.2 Å². The van der Waals surface area contributed by atoms with Crippen LogP contribution in [0.2, 0.25) is 0 Å². The van der Waals surface area contributed by atoms with Crippen molar-refractivity contribution < 1.29 is 48.0 Å². The molecule has 4 aromatic carbocycles. The van der Waals surface area contributed by atoms with Gasteiger partial charge in [-0.1, -0.05) is 54.6 Å². The maximum absolute atomic E-state index is 14.3. The second-order valence-electron chi connectivity index (χ2n) is 14.0. The number of hydrogen-bond acceptors (Lipinski definition) is 9. The Labute approximate surface area is 335 Å². The topological polar surface area (TPSA) is 210 Å². The van der Waals surface area contributed by atoms with E-state index in [1.54, 1.807) is 30.3 Å². The number of nitrogens with zero attached hydrogens (tertiary/aromatic N) is 1. The summed E-state index contributed by atoms with van der Waals surface area (Å²) in [4.78, 5) is 68.5. The monoisotopic (exact) mass is 797 g/mol. The molecule has 0 aromatic heterocycles. The van der Waals surface area contributed by atoms with Crippen LogP contribution in [0.15, 0.2) is 91.0 Å². The average molecular weight is 798 g/mol. The van der Waals surface area contributed by atoms with Gasteiger partial charge in [-0.2, -0.15) is 0 Å². The SMILES string of the molecule is COc1cc(O)cc(OC)c1CC(N)C(=O)N1Cc2ccccc2CC1C(=O)NC(Cc1ccccc1)C(=O)NC(CCCCNC(=O)c1ccc(F)cc1)C(=O)O. The van der Waals surface area contributed by atoms with Crippen molar-refractivity contribution in [1.82, 2.24) is 20.9 Å². The molecule has 1 aliphatic rings. The van der Waals surface area contributed by atoms with Gasteiger partial charge in [0.2, 0.25) is 17.7 Å². The zero-order valence-corrected chi connectivity index (χ0v) is 32.3. The molecule has 0 fully saturated rings. The van der Waals surface area contributed by atoms with E-state index in [-0.39, 0.29) is 61.6 Å². The number of methoxy groups -OCH3 is 2. The molecule has 15 heteroatoms. The fraction of sp³-hybridized carbons (Fsp3) is 0.326. The van der Waals surface area contributed by atoms with Crippen molar-refractivity contribution in [1.29, 1.82) is 0 Å². The highest BCUT2D eigenvalue weighted by Crippen LogP contribution is 2.35. The molecule has 0 radical (unpaired) electrons. The lowest BCUT2D eigenvalue weighted by Gasteiger charge is -2.38.